The SMILES string of the molecule is C[C@@]1(Cc2ccc(Br)cc2)Cc2cc(C(=O)N(CCC(=O)O)Cc3cccc(C(F)(F)F)c3)ccc2O1. The van der Waals surface area contributed by atoms with Crippen LogP contribution >= 0.6 is 15.9 Å². The molecule has 9 heteroatoms. The molecule has 0 bridgehead atoms. The fourth-order valence-corrected chi connectivity index (χ4v) is 4.78. The molecule has 0 unspecified atom stereocenters. The lowest BCUT2D eigenvalue weighted by Gasteiger charge is -2.24. The minimum absolute atomic E-state index is 0.140. The van der Waals surface area contributed by atoms with Crippen molar-refractivity contribution in [2.45, 2.75) is 44.5 Å². The molecule has 0 saturated carbocycles. The number of nitrogens with zero attached hydrogens (tertiary/aromatic N) is 1. The molecule has 1 aliphatic rings. The van der Waals surface area contributed by atoms with Crippen LogP contribution in [0, 0.1) is 0 Å². The van der Waals surface area contributed by atoms with Crippen molar-refractivity contribution in [2.75, 3.05) is 6.54 Å². The molecule has 0 saturated heterocycles. The van der Waals surface area contributed by atoms with Crippen LogP contribution in [0.4, 0.5) is 13.2 Å². The molecular formula is C28H25BrF3NO4. The van der Waals surface area contributed by atoms with E-state index < -0.39 is 29.2 Å². The number of fused-ring (bicyclic) bond motifs is 1. The van der Waals surface area contributed by atoms with E-state index in [9.17, 15) is 22.8 Å². The van der Waals surface area contributed by atoms with E-state index in [0.29, 0.717) is 24.2 Å². The zero-order valence-electron chi connectivity index (χ0n) is 20.0. The summed E-state index contributed by atoms with van der Waals surface area (Å²) >= 11 is 3.43. The van der Waals surface area contributed by atoms with E-state index in [4.69, 9.17) is 9.84 Å². The van der Waals surface area contributed by atoms with Crippen molar-refractivity contribution in [1.29, 1.82) is 0 Å². The van der Waals surface area contributed by atoms with Gasteiger partial charge >= 0.3 is 12.1 Å². The highest BCUT2D eigenvalue weighted by atomic mass is 79.9. The van der Waals surface area contributed by atoms with Gasteiger partial charge in [-0.1, -0.05) is 40.2 Å². The maximum Gasteiger partial charge on any atom is 0.416 e. The largest absolute Gasteiger partial charge is 0.487 e. The van der Waals surface area contributed by atoms with Gasteiger partial charge in [0.15, 0.2) is 0 Å². The molecule has 1 N–H and O–H groups in total. The van der Waals surface area contributed by atoms with Gasteiger partial charge in [-0.2, -0.15) is 13.2 Å². The zero-order chi connectivity index (χ0) is 26.8. The van der Waals surface area contributed by atoms with Crippen molar-refractivity contribution in [3.05, 3.63) is 99.0 Å². The Bertz CT molecular complexity index is 1310. The second-order valence-electron chi connectivity index (χ2n) is 9.42. The average Bonchev–Trinajstić information content (AvgIpc) is 3.17. The molecule has 3 aromatic rings. The van der Waals surface area contributed by atoms with Gasteiger partial charge in [0.1, 0.15) is 11.4 Å². The minimum Gasteiger partial charge on any atom is -0.487 e. The van der Waals surface area contributed by atoms with Gasteiger partial charge in [-0.05, 0) is 66.1 Å². The van der Waals surface area contributed by atoms with Crippen molar-refractivity contribution in [2.24, 2.45) is 0 Å². The molecule has 0 fully saturated rings. The van der Waals surface area contributed by atoms with Crippen molar-refractivity contribution in [3.63, 3.8) is 0 Å². The Kier molecular flexibility index (Phi) is 7.64. The molecule has 4 rings (SSSR count). The molecule has 194 valence electrons. The van der Waals surface area contributed by atoms with E-state index >= 15 is 0 Å². The second-order valence-corrected chi connectivity index (χ2v) is 10.3. The van der Waals surface area contributed by atoms with Crippen LogP contribution in [0.2, 0.25) is 0 Å². The molecule has 1 amide bonds. The van der Waals surface area contributed by atoms with E-state index in [1.807, 2.05) is 31.2 Å². The minimum atomic E-state index is -4.52. The van der Waals surface area contributed by atoms with E-state index in [2.05, 4.69) is 15.9 Å². The summed E-state index contributed by atoms with van der Waals surface area (Å²) in [6.45, 7) is 1.72. The Balaban J connectivity index is 1.53. The first-order valence-electron chi connectivity index (χ1n) is 11.7. The van der Waals surface area contributed by atoms with Gasteiger partial charge in [0.05, 0.1) is 12.0 Å². The molecule has 37 heavy (non-hydrogen) atoms. The number of amides is 1. The smallest absolute Gasteiger partial charge is 0.416 e. The average molecular weight is 576 g/mol. The number of rotatable bonds is 8. The standard InChI is InChI=1S/C28H25BrF3NO4/c1-27(15-18-5-8-23(29)9-6-18)16-21-14-20(7-10-24(21)37-27)26(36)33(12-11-25(34)35)17-19-3-2-4-22(13-19)28(30,31)32/h2-10,13-14H,11-12,15-17H2,1H3,(H,34,35)/t27-/m1/s1. The quantitative estimate of drug-likeness (QED) is 0.332. The molecule has 1 aliphatic heterocycles. The number of carbonyl (C=O) groups excluding carboxylic acids is 1. The number of carboxylic acid groups (broad SMARTS) is 1. The first kappa shape index (κ1) is 26.7. The first-order chi connectivity index (χ1) is 17.4. The maximum absolute atomic E-state index is 13.4. The van der Waals surface area contributed by atoms with Crippen molar-refractivity contribution >= 4 is 27.8 Å². The van der Waals surface area contributed by atoms with Gasteiger partial charge in [0.2, 0.25) is 0 Å². The number of carboxylic acids is 1. The predicted molar refractivity (Wildman–Crippen MR) is 135 cm³/mol. The van der Waals surface area contributed by atoms with E-state index in [0.717, 1.165) is 27.7 Å². The summed E-state index contributed by atoms with van der Waals surface area (Å²) in [4.78, 5) is 25.8. The number of hydrogen-bond donors (Lipinski definition) is 1. The number of benzene rings is 3. The summed E-state index contributed by atoms with van der Waals surface area (Å²) in [5.74, 6) is -0.887. The predicted octanol–water partition coefficient (Wildman–Crippen LogP) is 6.52. The Morgan fingerprint density at radius 1 is 1.05 bits per heavy atom. The summed E-state index contributed by atoms with van der Waals surface area (Å²) < 4.78 is 46.7. The van der Waals surface area contributed by atoms with Gasteiger partial charge in [-0.15, -0.1) is 0 Å². The molecule has 1 heterocycles. The summed E-state index contributed by atoms with van der Waals surface area (Å²) in [6, 6.07) is 17.7. The first-order valence-corrected chi connectivity index (χ1v) is 12.4. The van der Waals surface area contributed by atoms with E-state index in [1.165, 1.54) is 17.0 Å². The number of aliphatic carboxylic acids is 1. The van der Waals surface area contributed by atoms with Crippen LogP contribution in [-0.4, -0.2) is 34.0 Å². The molecule has 0 aliphatic carbocycles. The number of alkyl halides is 3. The Morgan fingerprint density at radius 2 is 1.78 bits per heavy atom. The highest BCUT2D eigenvalue weighted by molar-refractivity contribution is 9.10. The summed E-state index contributed by atoms with van der Waals surface area (Å²) in [7, 11) is 0. The Morgan fingerprint density at radius 3 is 2.46 bits per heavy atom. The van der Waals surface area contributed by atoms with Crippen molar-refractivity contribution in [1.82, 2.24) is 4.90 Å². The van der Waals surface area contributed by atoms with Gasteiger partial charge in [0, 0.05) is 36.0 Å². The van der Waals surface area contributed by atoms with Crippen LogP contribution in [-0.2, 0) is 30.4 Å². The molecule has 1 atom stereocenters. The van der Waals surface area contributed by atoms with Crippen LogP contribution in [0.1, 0.15) is 46.0 Å². The lowest BCUT2D eigenvalue weighted by Crippen LogP contribution is -2.33. The molecular weight excluding hydrogens is 551 g/mol. The molecule has 0 spiro atoms. The fourth-order valence-electron chi connectivity index (χ4n) is 4.52. The van der Waals surface area contributed by atoms with E-state index in [1.54, 1.807) is 18.2 Å². The number of hydrogen-bond acceptors (Lipinski definition) is 3. The Hall–Kier alpha value is -3.33. The highest BCUT2D eigenvalue weighted by Crippen LogP contribution is 2.38. The second kappa shape index (κ2) is 10.6. The lowest BCUT2D eigenvalue weighted by atomic mass is 9.91. The maximum atomic E-state index is 13.4. The molecule has 5 nitrogen and oxygen atoms in total. The van der Waals surface area contributed by atoms with Crippen LogP contribution in [0.5, 0.6) is 5.75 Å². The normalized spacial score (nSPS) is 16.7. The van der Waals surface area contributed by atoms with Crippen molar-refractivity contribution in [3.8, 4) is 5.75 Å². The van der Waals surface area contributed by atoms with Gasteiger partial charge in [-0.25, -0.2) is 0 Å². The molecule has 3 aromatic carbocycles. The van der Waals surface area contributed by atoms with Crippen molar-refractivity contribution < 1.29 is 32.6 Å². The summed E-state index contributed by atoms with van der Waals surface area (Å²) in [5.41, 5.74) is 1.22. The van der Waals surface area contributed by atoms with Crippen LogP contribution in [0.25, 0.3) is 0 Å². The zero-order valence-corrected chi connectivity index (χ0v) is 21.6. The number of carbonyl (C=O) groups is 2. The highest BCUT2D eigenvalue weighted by Gasteiger charge is 2.36. The van der Waals surface area contributed by atoms with Gasteiger partial charge in [-0.3, -0.25) is 9.59 Å². The van der Waals surface area contributed by atoms with Crippen LogP contribution < -0.4 is 4.74 Å². The van der Waals surface area contributed by atoms with Crippen LogP contribution in [0.15, 0.2) is 71.2 Å². The summed E-state index contributed by atoms with van der Waals surface area (Å²) in [6.07, 6.45) is -3.61. The van der Waals surface area contributed by atoms with Crippen LogP contribution in [0.3, 0.4) is 0 Å². The number of ether oxygens (including phenoxy) is 1. The number of halogens is 4. The van der Waals surface area contributed by atoms with E-state index in [-0.39, 0.29) is 25.1 Å². The topological polar surface area (TPSA) is 66.8 Å². The van der Waals surface area contributed by atoms with Gasteiger partial charge in [0.25, 0.3) is 5.91 Å². The van der Waals surface area contributed by atoms with Gasteiger partial charge < -0.3 is 14.7 Å². The fraction of sp³-hybridized carbons (Fsp3) is 0.286. The Labute approximate surface area is 221 Å². The molecule has 0 radical (unpaired) electrons. The monoisotopic (exact) mass is 575 g/mol. The summed E-state index contributed by atoms with van der Waals surface area (Å²) in [5, 5.41) is 9.15. The molecule has 0 aromatic heterocycles. The third kappa shape index (κ3) is 6.71. The third-order valence-electron chi connectivity index (χ3n) is 6.23. The lowest BCUT2D eigenvalue weighted by molar-refractivity contribution is -0.138. The third-order valence-corrected chi connectivity index (χ3v) is 6.76.